The number of allylic oxidation sites excluding steroid dienone is 1. The zero-order chi connectivity index (χ0) is 15.9. The summed E-state index contributed by atoms with van der Waals surface area (Å²) in [6, 6.07) is 0.269. The van der Waals surface area contributed by atoms with Gasteiger partial charge >= 0.3 is 5.97 Å². The summed E-state index contributed by atoms with van der Waals surface area (Å²) in [4.78, 5) is 21.3. The van der Waals surface area contributed by atoms with Gasteiger partial charge in [-0.3, -0.25) is 14.7 Å². The van der Waals surface area contributed by atoms with Gasteiger partial charge in [-0.25, -0.2) is 0 Å². The second-order valence-corrected chi connectivity index (χ2v) is 6.84. The van der Waals surface area contributed by atoms with E-state index in [9.17, 15) is 4.79 Å². The molecule has 0 spiro atoms. The zero-order valence-electron chi connectivity index (χ0n) is 14.1. The average molecular weight is 305 g/mol. The number of likely N-dealkylation sites (tertiary alicyclic amines) is 1. The number of rotatable bonds is 3. The first-order chi connectivity index (χ1) is 10.5. The maximum atomic E-state index is 11.9. The molecule has 3 aliphatic rings. The fraction of sp³-hybridized carbons (Fsp3) is 0.765. The lowest BCUT2D eigenvalue weighted by molar-refractivity contribution is -0.146. The molecule has 0 aromatic carbocycles. The van der Waals surface area contributed by atoms with Crippen LogP contribution in [0, 0.1) is 5.92 Å². The first-order valence-electron chi connectivity index (χ1n) is 8.34. The minimum atomic E-state index is -0.0741. The largest absolute Gasteiger partial charge is 0.468 e. The lowest BCUT2D eigenvalue weighted by Crippen LogP contribution is -2.40. The summed E-state index contributed by atoms with van der Waals surface area (Å²) in [5.74, 6) is 1.64. The molecule has 3 rings (SSSR count). The molecule has 0 aliphatic carbocycles. The Kier molecular flexibility index (Phi) is 4.26. The van der Waals surface area contributed by atoms with Crippen LogP contribution < -0.4 is 0 Å². The van der Waals surface area contributed by atoms with Crippen LogP contribution in [0.5, 0.6) is 0 Å². The van der Waals surface area contributed by atoms with Gasteiger partial charge in [-0.2, -0.15) is 0 Å². The van der Waals surface area contributed by atoms with E-state index in [4.69, 9.17) is 9.73 Å². The van der Waals surface area contributed by atoms with Gasteiger partial charge in [0.2, 0.25) is 0 Å². The number of hydrogen-bond acceptors (Lipinski definition) is 5. The van der Waals surface area contributed by atoms with E-state index < -0.39 is 0 Å². The number of carbonyl (C=O) groups is 1. The van der Waals surface area contributed by atoms with E-state index in [0.29, 0.717) is 12.0 Å². The summed E-state index contributed by atoms with van der Waals surface area (Å²) < 4.78 is 4.95. The van der Waals surface area contributed by atoms with Gasteiger partial charge in [0.25, 0.3) is 0 Å². The Balaban J connectivity index is 1.69. The highest BCUT2D eigenvalue weighted by Crippen LogP contribution is 2.35. The highest BCUT2D eigenvalue weighted by Gasteiger charge is 2.37. The Hall–Kier alpha value is -1.36. The van der Waals surface area contributed by atoms with E-state index in [1.54, 1.807) is 0 Å². The van der Waals surface area contributed by atoms with Crippen LogP contribution in [-0.4, -0.2) is 60.4 Å². The fourth-order valence-corrected chi connectivity index (χ4v) is 4.11. The Morgan fingerprint density at radius 1 is 1.41 bits per heavy atom. The molecular weight excluding hydrogens is 278 g/mol. The molecule has 0 bridgehead atoms. The van der Waals surface area contributed by atoms with Crippen molar-refractivity contribution in [2.45, 2.75) is 52.1 Å². The van der Waals surface area contributed by atoms with Crippen molar-refractivity contribution in [2.75, 3.05) is 26.7 Å². The number of hydrogen-bond donors (Lipinski definition) is 0. The van der Waals surface area contributed by atoms with Gasteiger partial charge in [-0.15, -0.1) is 0 Å². The Labute approximate surface area is 133 Å². The first kappa shape index (κ1) is 15.5. The van der Waals surface area contributed by atoms with Gasteiger partial charge in [0.1, 0.15) is 11.9 Å². The van der Waals surface area contributed by atoms with Crippen LogP contribution in [0.25, 0.3) is 0 Å². The molecule has 2 saturated heterocycles. The van der Waals surface area contributed by atoms with E-state index in [-0.39, 0.29) is 12.0 Å². The summed E-state index contributed by atoms with van der Waals surface area (Å²) in [6.07, 6.45) is 3.13. The molecule has 3 unspecified atom stereocenters. The summed E-state index contributed by atoms with van der Waals surface area (Å²) in [6.45, 7) is 9.51. The quantitative estimate of drug-likeness (QED) is 0.749. The van der Waals surface area contributed by atoms with Crippen molar-refractivity contribution in [3.05, 3.63) is 11.3 Å². The van der Waals surface area contributed by atoms with E-state index >= 15 is 0 Å². The van der Waals surface area contributed by atoms with Crippen molar-refractivity contribution >= 4 is 11.8 Å². The third-order valence-corrected chi connectivity index (χ3v) is 5.43. The Morgan fingerprint density at radius 2 is 2.18 bits per heavy atom. The van der Waals surface area contributed by atoms with Gasteiger partial charge in [-0.1, -0.05) is 0 Å². The molecule has 0 aromatic rings. The van der Waals surface area contributed by atoms with Crippen molar-refractivity contribution in [3.63, 3.8) is 0 Å². The van der Waals surface area contributed by atoms with Crippen LogP contribution in [0.2, 0.25) is 0 Å². The normalized spacial score (nSPS) is 32.3. The van der Waals surface area contributed by atoms with Crippen molar-refractivity contribution in [1.29, 1.82) is 0 Å². The predicted molar refractivity (Wildman–Crippen MR) is 86.7 cm³/mol. The molecule has 5 heteroatoms. The monoisotopic (exact) mass is 305 g/mol. The van der Waals surface area contributed by atoms with Crippen LogP contribution in [-0.2, 0) is 9.53 Å². The molecule has 2 fully saturated rings. The van der Waals surface area contributed by atoms with Crippen molar-refractivity contribution < 1.29 is 9.53 Å². The highest BCUT2D eigenvalue weighted by atomic mass is 16.5. The first-order valence-corrected chi connectivity index (χ1v) is 8.34. The maximum Gasteiger partial charge on any atom is 0.323 e. The van der Waals surface area contributed by atoms with Crippen molar-refractivity contribution in [1.82, 2.24) is 9.80 Å². The molecule has 0 amide bonds. The fourth-order valence-electron chi connectivity index (χ4n) is 4.11. The molecular formula is C17H27N3O2. The lowest BCUT2D eigenvalue weighted by atomic mass is 10.0. The number of aliphatic imine (C=N–C) groups is 1. The van der Waals surface area contributed by atoms with Crippen LogP contribution in [0.3, 0.4) is 0 Å². The van der Waals surface area contributed by atoms with Crippen molar-refractivity contribution in [2.24, 2.45) is 10.9 Å². The minimum Gasteiger partial charge on any atom is -0.468 e. The summed E-state index contributed by atoms with van der Waals surface area (Å²) in [5, 5.41) is 0. The van der Waals surface area contributed by atoms with Gasteiger partial charge < -0.3 is 9.64 Å². The van der Waals surface area contributed by atoms with E-state index in [1.807, 2.05) is 0 Å². The second-order valence-electron chi connectivity index (χ2n) is 6.84. The number of ether oxygens (including phenoxy) is 1. The second kappa shape index (κ2) is 6.03. The molecule has 0 saturated carbocycles. The number of nitrogens with zero attached hydrogens (tertiary/aromatic N) is 3. The summed E-state index contributed by atoms with van der Waals surface area (Å²) in [5.41, 5.74) is 2.86. The minimum absolute atomic E-state index is 0.0357. The zero-order valence-corrected chi connectivity index (χ0v) is 14.1. The molecule has 22 heavy (non-hydrogen) atoms. The summed E-state index contributed by atoms with van der Waals surface area (Å²) in [7, 11) is 1.49. The lowest BCUT2D eigenvalue weighted by Gasteiger charge is -2.29. The molecule has 0 N–H and O–H groups in total. The SMILES string of the molecule is COC(=O)C1CCCN1CC1CC2=C(C)C(C)N=C(C)N2C1. The third-order valence-electron chi connectivity index (χ3n) is 5.43. The number of amidine groups is 1. The Bertz CT molecular complexity index is 526. The molecule has 122 valence electrons. The molecule has 0 radical (unpaired) electrons. The molecule has 3 atom stereocenters. The van der Waals surface area contributed by atoms with Gasteiger partial charge in [0, 0.05) is 18.8 Å². The van der Waals surface area contributed by atoms with E-state index in [0.717, 1.165) is 44.7 Å². The molecule has 0 aromatic heterocycles. The third kappa shape index (κ3) is 2.67. The standard InChI is InChI=1S/C17H27N3O2/c1-11-12(2)18-13(3)20-10-14(8-16(11)20)9-19-7-5-6-15(19)17(21)22-4/h12,14-15H,5-10H2,1-4H3. The smallest absolute Gasteiger partial charge is 0.323 e. The van der Waals surface area contributed by atoms with Crippen LogP contribution in [0.4, 0.5) is 0 Å². The highest BCUT2D eigenvalue weighted by molar-refractivity contribution is 5.83. The number of carbonyl (C=O) groups excluding carboxylic acids is 1. The average Bonchev–Trinajstić information content (AvgIpc) is 3.12. The van der Waals surface area contributed by atoms with Crippen LogP contribution in [0.1, 0.15) is 40.0 Å². The van der Waals surface area contributed by atoms with E-state index in [1.165, 1.54) is 18.4 Å². The van der Waals surface area contributed by atoms with Crippen LogP contribution >= 0.6 is 0 Å². The summed E-state index contributed by atoms with van der Waals surface area (Å²) >= 11 is 0. The maximum absolute atomic E-state index is 11.9. The van der Waals surface area contributed by atoms with Gasteiger partial charge in [0.15, 0.2) is 0 Å². The number of methoxy groups -OCH3 is 1. The van der Waals surface area contributed by atoms with Gasteiger partial charge in [0.05, 0.1) is 13.2 Å². The molecule has 3 heterocycles. The van der Waals surface area contributed by atoms with Crippen molar-refractivity contribution in [3.8, 4) is 0 Å². The van der Waals surface area contributed by atoms with Crippen LogP contribution in [0.15, 0.2) is 16.3 Å². The molecule has 5 nitrogen and oxygen atoms in total. The number of esters is 1. The Morgan fingerprint density at radius 3 is 2.91 bits per heavy atom. The van der Waals surface area contributed by atoms with E-state index in [2.05, 4.69) is 30.6 Å². The number of fused-ring (bicyclic) bond motifs is 1. The topological polar surface area (TPSA) is 45.1 Å². The molecule has 3 aliphatic heterocycles. The predicted octanol–water partition coefficient (Wildman–Crippen LogP) is 2.04. The van der Waals surface area contributed by atoms with Gasteiger partial charge in [-0.05, 0) is 58.1 Å².